The van der Waals surface area contributed by atoms with Crippen LogP contribution in [-0.2, 0) is 4.79 Å². The smallest absolute Gasteiger partial charge is 0.308 e. The zero-order valence-electron chi connectivity index (χ0n) is 19.5. The van der Waals surface area contributed by atoms with E-state index in [1.54, 1.807) is 47.4 Å². The summed E-state index contributed by atoms with van der Waals surface area (Å²) in [6.45, 7) is 0.890. The quantitative estimate of drug-likeness (QED) is 0.256. The van der Waals surface area contributed by atoms with Crippen LogP contribution in [0.4, 0.5) is 11.5 Å². The molecule has 0 saturated carbocycles. The van der Waals surface area contributed by atoms with E-state index in [2.05, 4.69) is 15.6 Å². The number of aliphatic carboxylic acids is 1. The van der Waals surface area contributed by atoms with Crippen LogP contribution < -0.4 is 10.6 Å². The number of carboxylic acids is 1. The zero-order valence-corrected chi connectivity index (χ0v) is 21.0. The maximum atomic E-state index is 12.9. The molecule has 4 rings (SSSR count). The summed E-state index contributed by atoms with van der Waals surface area (Å²) in [5.74, 6) is -1.83. The highest BCUT2D eigenvalue weighted by atomic mass is 35.5. The van der Waals surface area contributed by atoms with Crippen molar-refractivity contribution in [3.63, 3.8) is 0 Å². The molecule has 190 valence electrons. The number of nitrogens with zero attached hydrogens (tertiary/aromatic N) is 2. The SMILES string of the molecule is N=C(c1ccc(C(=O)Nc2ccc(Cl)cc2C(=O)Nc2ccc(Cl)cn2)cc1)N1CCCC(C(=O)O)C1. The van der Waals surface area contributed by atoms with E-state index >= 15 is 0 Å². The molecule has 37 heavy (non-hydrogen) atoms. The Kier molecular flexibility index (Phi) is 8.05. The van der Waals surface area contributed by atoms with Crippen LogP contribution in [0.3, 0.4) is 0 Å². The number of carbonyl (C=O) groups excluding carboxylic acids is 2. The highest BCUT2D eigenvalue weighted by Gasteiger charge is 2.27. The second-order valence-corrected chi connectivity index (χ2v) is 9.38. The lowest BCUT2D eigenvalue weighted by molar-refractivity contribution is -0.143. The van der Waals surface area contributed by atoms with Gasteiger partial charge >= 0.3 is 5.97 Å². The second kappa shape index (κ2) is 11.4. The number of amides is 2. The van der Waals surface area contributed by atoms with Crippen molar-refractivity contribution in [1.82, 2.24) is 9.88 Å². The lowest BCUT2D eigenvalue weighted by atomic mass is 9.97. The average Bonchev–Trinajstić information content (AvgIpc) is 2.90. The number of piperidine rings is 1. The summed E-state index contributed by atoms with van der Waals surface area (Å²) < 4.78 is 0. The molecule has 11 heteroatoms. The fraction of sp³-hybridized carbons (Fsp3) is 0.192. The normalized spacial score (nSPS) is 15.1. The van der Waals surface area contributed by atoms with Crippen LogP contribution in [0.2, 0.25) is 10.0 Å². The minimum Gasteiger partial charge on any atom is -0.481 e. The van der Waals surface area contributed by atoms with E-state index in [-0.39, 0.29) is 29.4 Å². The number of halogens is 2. The second-order valence-electron chi connectivity index (χ2n) is 8.51. The van der Waals surface area contributed by atoms with E-state index in [0.717, 1.165) is 0 Å². The van der Waals surface area contributed by atoms with Gasteiger partial charge in [0.1, 0.15) is 11.7 Å². The van der Waals surface area contributed by atoms with Gasteiger partial charge in [-0.15, -0.1) is 0 Å². The van der Waals surface area contributed by atoms with Gasteiger partial charge in [0.25, 0.3) is 11.8 Å². The van der Waals surface area contributed by atoms with Crippen LogP contribution in [-0.4, -0.2) is 51.7 Å². The lowest BCUT2D eigenvalue weighted by Gasteiger charge is -2.32. The van der Waals surface area contributed by atoms with Gasteiger partial charge in [0.05, 0.1) is 22.2 Å². The number of carbonyl (C=O) groups is 3. The molecule has 2 heterocycles. The van der Waals surface area contributed by atoms with Gasteiger partial charge in [-0.1, -0.05) is 35.3 Å². The van der Waals surface area contributed by atoms with Gasteiger partial charge < -0.3 is 20.6 Å². The van der Waals surface area contributed by atoms with E-state index in [0.29, 0.717) is 40.6 Å². The van der Waals surface area contributed by atoms with Gasteiger partial charge in [0.2, 0.25) is 0 Å². The Morgan fingerprint density at radius 1 is 0.946 bits per heavy atom. The van der Waals surface area contributed by atoms with E-state index < -0.39 is 23.7 Å². The van der Waals surface area contributed by atoms with Crippen molar-refractivity contribution < 1.29 is 19.5 Å². The minimum absolute atomic E-state index is 0.147. The Labute approximate surface area is 222 Å². The van der Waals surface area contributed by atoms with Gasteiger partial charge in [0.15, 0.2) is 0 Å². The van der Waals surface area contributed by atoms with Gasteiger partial charge in [-0.05, 0) is 55.3 Å². The maximum absolute atomic E-state index is 12.9. The Morgan fingerprint density at radius 2 is 1.65 bits per heavy atom. The fourth-order valence-corrected chi connectivity index (χ4v) is 4.27. The first-order valence-corrected chi connectivity index (χ1v) is 12.2. The molecule has 1 aliphatic rings. The Morgan fingerprint density at radius 3 is 2.32 bits per heavy atom. The minimum atomic E-state index is -0.857. The van der Waals surface area contributed by atoms with Gasteiger partial charge in [0, 0.05) is 35.4 Å². The fourth-order valence-electron chi connectivity index (χ4n) is 3.99. The van der Waals surface area contributed by atoms with Crippen LogP contribution in [0.25, 0.3) is 0 Å². The molecule has 1 unspecified atom stereocenters. The van der Waals surface area contributed by atoms with E-state index in [1.807, 2.05) is 0 Å². The Balaban J connectivity index is 1.46. The van der Waals surface area contributed by atoms with Crippen molar-refractivity contribution in [2.45, 2.75) is 12.8 Å². The van der Waals surface area contributed by atoms with E-state index in [4.69, 9.17) is 28.6 Å². The average molecular weight is 540 g/mol. The molecule has 4 N–H and O–H groups in total. The third kappa shape index (κ3) is 6.44. The van der Waals surface area contributed by atoms with Crippen molar-refractivity contribution in [1.29, 1.82) is 5.41 Å². The first kappa shape index (κ1) is 26.1. The number of pyridine rings is 1. The van der Waals surface area contributed by atoms with Crippen molar-refractivity contribution in [2.24, 2.45) is 5.92 Å². The summed E-state index contributed by atoms with van der Waals surface area (Å²) >= 11 is 11.9. The number of hydrogen-bond donors (Lipinski definition) is 4. The molecule has 2 aromatic carbocycles. The van der Waals surface area contributed by atoms with E-state index in [9.17, 15) is 19.5 Å². The molecule has 1 fully saturated rings. The Hall–Kier alpha value is -3.95. The van der Waals surface area contributed by atoms with Gasteiger partial charge in [-0.25, -0.2) is 4.98 Å². The number of anilines is 2. The largest absolute Gasteiger partial charge is 0.481 e. The van der Waals surface area contributed by atoms with Crippen molar-refractivity contribution in [3.8, 4) is 0 Å². The van der Waals surface area contributed by atoms with Crippen LogP contribution in [0.5, 0.6) is 0 Å². The predicted octanol–water partition coefficient (Wildman–Crippen LogP) is 5.01. The first-order valence-electron chi connectivity index (χ1n) is 11.4. The number of hydrogen-bond acceptors (Lipinski definition) is 5. The summed E-state index contributed by atoms with van der Waals surface area (Å²) in [5, 5.41) is 23.9. The number of likely N-dealkylation sites (tertiary alicyclic amines) is 1. The maximum Gasteiger partial charge on any atom is 0.308 e. The van der Waals surface area contributed by atoms with Crippen molar-refractivity contribution in [3.05, 3.63) is 87.5 Å². The van der Waals surface area contributed by atoms with Crippen molar-refractivity contribution >= 4 is 58.3 Å². The number of carboxylic acid groups (broad SMARTS) is 1. The predicted molar refractivity (Wildman–Crippen MR) is 142 cm³/mol. The van der Waals surface area contributed by atoms with Crippen LogP contribution >= 0.6 is 23.2 Å². The topological polar surface area (TPSA) is 135 Å². The summed E-state index contributed by atoms with van der Waals surface area (Å²) in [7, 11) is 0. The molecule has 3 aromatic rings. The van der Waals surface area contributed by atoms with Crippen molar-refractivity contribution in [2.75, 3.05) is 23.7 Å². The van der Waals surface area contributed by atoms with Crippen LogP contribution in [0.15, 0.2) is 60.8 Å². The summed E-state index contributed by atoms with van der Waals surface area (Å²) in [4.78, 5) is 42.9. The molecular weight excluding hydrogens is 517 g/mol. The molecule has 0 spiro atoms. The van der Waals surface area contributed by atoms with E-state index in [1.165, 1.54) is 18.3 Å². The highest BCUT2D eigenvalue weighted by molar-refractivity contribution is 6.31. The number of benzene rings is 2. The molecule has 1 aliphatic heterocycles. The molecule has 1 atom stereocenters. The molecule has 1 saturated heterocycles. The molecular formula is C26H23Cl2N5O4. The third-order valence-corrected chi connectivity index (χ3v) is 6.41. The lowest BCUT2D eigenvalue weighted by Crippen LogP contribution is -2.42. The van der Waals surface area contributed by atoms with Gasteiger partial charge in [-0.2, -0.15) is 0 Å². The molecule has 9 nitrogen and oxygen atoms in total. The summed E-state index contributed by atoms with van der Waals surface area (Å²) in [6.07, 6.45) is 2.70. The first-order chi connectivity index (χ1) is 17.7. The molecule has 0 bridgehead atoms. The molecule has 0 radical (unpaired) electrons. The third-order valence-electron chi connectivity index (χ3n) is 5.95. The summed E-state index contributed by atoms with van der Waals surface area (Å²) in [6, 6.07) is 14.1. The summed E-state index contributed by atoms with van der Waals surface area (Å²) in [5.41, 5.74) is 1.30. The number of nitrogens with one attached hydrogen (secondary N) is 3. The molecule has 0 aliphatic carbocycles. The van der Waals surface area contributed by atoms with Crippen LogP contribution in [0.1, 0.15) is 39.1 Å². The zero-order chi connectivity index (χ0) is 26.5. The van der Waals surface area contributed by atoms with Crippen LogP contribution in [0, 0.1) is 11.3 Å². The standard InChI is InChI=1S/C26H23Cl2N5O4/c27-18-7-9-21(20(12-18)25(35)32-22-10-8-19(28)13-30-22)31-24(34)16-5-3-15(4-6-16)23(29)33-11-1-2-17(14-33)26(36)37/h3-10,12-13,17,29H,1-2,11,14H2,(H,31,34)(H,36,37)(H,30,32,35). The number of rotatable bonds is 6. The van der Waals surface area contributed by atoms with Gasteiger partial charge in [-0.3, -0.25) is 19.8 Å². The number of aromatic nitrogens is 1. The molecule has 2 amide bonds. The number of amidine groups is 1. The Bertz CT molecular complexity index is 1350. The highest BCUT2D eigenvalue weighted by Crippen LogP contribution is 2.24. The monoisotopic (exact) mass is 539 g/mol. The molecule has 1 aromatic heterocycles.